The number of aromatic nitrogens is 3. The highest BCUT2D eigenvalue weighted by Gasteiger charge is 2.24. The summed E-state index contributed by atoms with van der Waals surface area (Å²) in [5.41, 5.74) is 0.845. The van der Waals surface area contributed by atoms with Gasteiger partial charge in [-0.1, -0.05) is 32.1 Å². The fourth-order valence-electron chi connectivity index (χ4n) is 2.98. The molecule has 0 aromatic carbocycles. The summed E-state index contributed by atoms with van der Waals surface area (Å²) in [5.74, 6) is 0.0478. The number of carbonyl (C=O) groups excluding carboxylic acids is 1. The zero-order chi connectivity index (χ0) is 15.1. The Morgan fingerprint density at radius 3 is 2.57 bits per heavy atom. The average Bonchev–Trinajstić information content (AvgIpc) is 2.92. The lowest BCUT2D eigenvalue weighted by molar-refractivity contribution is -0.132. The third kappa shape index (κ3) is 4.70. The molecule has 1 aromatic heterocycles. The van der Waals surface area contributed by atoms with Gasteiger partial charge in [0, 0.05) is 6.04 Å². The summed E-state index contributed by atoms with van der Waals surface area (Å²) in [7, 11) is 0. The largest absolute Gasteiger partial charge is 0.333 e. The molecule has 0 bridgehead atoms. The number of carbonyl (C=O) groups is 1. The summed E-state index contributed by atoms with van der Waals surface area (Å²) >= 11 is 5.81. The summed E-state index contributed by atoms with van der Waals surface area (Å²) < 4.78 is 0. The number of hydrogen-bond donors (Lipinski definition) is 0. The van der Waals surface area contributed by atoms with E-state index in [1.54, 1.807) is 11.0 Å². The van der Waals surface area contributed by atoms with Crippen LogP contribution < -0.4 is 0 Å². The molecule has 1 saturated carbocycles. The lowest BCUT2D eigenvalue weighted by Crippen LogP contribution is -2.41. The molecule has 0 spiro atoms. The number of nitrogens with zero attached hydrogens (tertiary/aromatic N) is 4. The van der Waals surface area contributed by atoms with Crippen LogP contribution in [-0.4, -0.2) is 37.7 Å². The fourth-order valence-corrected chi connectivity index (χ4v) is 3.13. The first kappa shape index (κ1) is 16.3. The fraction of sp³-hybridized carbons (Fsp3) is 0.800. The molecule has 6 heteroatoms. The van der Waals surface area contributed by atoms with E-state index in [1.807, 2.05) is 11.8 Å². The molecule has 0 unspecified atom stereocenters. The first-order valence-corrected chi connectivity index (χ1v) is 8.52. The highest BCUT2D eigenvalue weighted by atomic mass is 35.5. The molecule has 1 heterocycles. The Bertz CT molecular complexity index is 441. The van der Waals surface area contributed by atoms with Crippen molar-refractivity contribution < 1.29 is 4.79 Å². The van der Waals surface area contributed by atoms with E-state index < -0.39 is 0 Å². The summed E-state index contributed by atoms with van der Waals surface area (Å²) in [4.78, 5) is 15.8. The van der Waals surface area contributed by atoms with Crippen molar-refractivity contribution in [1.29, 1.82) is 0 Å². The molecule has 0 atom stereocenters. The SMILES string of the molecule is CCn1ncc(CN(C(=O)CCl)C2CCCCCCC2)n1. The van der Waals surface area contributed by atoms with Gasteiger partial charge in [-0.2, -0.15) is 15.0 Å². The second kappa shape index (κ2) is 8.37. The van der Waals surface area contributed by atoms with Crippen LogP contribution in [0.1, 0.15) is 57.6 Å². The quantitative estimate of drug-likeness (QED) is 0.785. The van der Waals surface area contributed by atoms with E-state index in [1.165, 1.54) is 32.1 Å². The molecular weight excluding hydrogens is 288 g/mol. The molecule has 1 aliphatic rings. The normalized spacial score (nSPS) is 17.2. The second-order valence-corrected chi connectivity index (χ2v) is 5.95. The van der Waals surface area contributed by atoms with E-state index in [2.05, 4.69) is 10.2 Å². The smallest absolute Gasteiger partial charge is 0.238 e. The molecule has 118 valence electrons. The zero-order valence-corrected chi connectivity index (χ0v) is 13.6. The first-order chi connectivity index (χ1) is 10.2. The minimum Gasteiger partial charge on any atom is -0.333 e. The molecule has 0 radical (unpaired) electrons. The molecule has 1 amide bonds. The third-order valence-electron chi connectivity index (χ3n) is 4.15. The predicted molar refractivity (Wildman–Crippen MR) is 83.1 cm³/mol. The highest BCUT2D eigenvalue weighted by molar-refractivity contribution is 6.27. The maximum absolute atomic E-state index is 12.2. The summed E-state index contributed by atoms with van der Waals surface area (Å²) in [6.45, 7) is 3.27. The van der Waals surface area contributed by atoms with Crippen molar-refractivity contribution in [2.75, 3.05) is 5.88 Å². The van der Waals surface area contributed by atoms with Crippen molar-refractivity contribution in [2.24, 2.45) is 0 Å². The highest BCUT2D eigenvalue weighted by Crippen LogP contribution is 2.23. The maximum Gasteiger partial charge on any atom is 0.238 e. The predicted octanol–water partition coefficient (Wildman–Crippen LogP) is 2.98. The number of aryl methyl sites for hydroxylation is 1. The molecule has 1 aliphatic carbocycles. The standard InChI is InChI=1S/C15H25ClN4O/c1-2-20-17-11-13(18-20)12-19(15(21)10-16)14-8-6-4-3-5-7-9-14/h11,14H,2-10,12H2,1H3. The Hall–Kier alpha value is -1.10. The van der Waals surface area contributed by atoms with E-state index in [-0.39, 0.29) is 11.8 Å². The summed E-state index contributed by atoms with van der Waals surface area (Å²) in [6, 6.07) is 0.295. The van der Waals surface area contributed by atoms with E-state index in [9.17, 15) is 4.79 Å². The molecule has 1 aromatic rings. The number of hydrogen-bond acceptors (Lipinski definition) is 3. The maximum atomic E-state index is 12.2. The lowest BCUT2D eigenvalue weighted by atomic mass is 9.95. The van der Waals surface area contributed by atoms with Gasteiger partial charge in [0.05, 0.1) is 19.3 Å². The third-order valence-corrected chi connectivity index (χ3v) is 4.38. The van der Waals surface area contributed by atoms with Gasteiger partial charge in [0.15, 0.2) is 0 Å². The van der Waals surface area contributed by atoms with Gasteiger partial charge in [-0.15, -0.1) is 11.6 Å². The number of rotatable bonds is 5. The van der Waals surface area contributed by atoms with Crippen LogP contribution in [0.4, 0.5) is 0 Å². The second-order valence-electron chi connectivity index (χ2n) is 5.68. The lowest BCUT2D eigenvalue weighted by Gasteiger charge is -2.32. The van der Waals surface area contributed by atoms with Gasteiger partial charge in [0.25, 0.3) is 0 Å². The van der Waals surface area contributed by atoms with Crippen molar-refractivity contribution in [1.82, 2.24) is 19.9 Å². The van der Waals surface area contributed by atoms with Crippen molar-refractivity contribution in [3.63, 3.8) is 0 Å². The molecule has 0 aliphatic heterocycles. The number of halogens is 1. The molecule has 0 saturated heterocycles. The van der Waals surface area contributed by atoms with E-state index >= 15 is 0 Å². The van der Waals surface area contributed by atoms with Gasteiger partial charge in [-0.05, 0) is 19.8 Å². The van der Waals surface area contributed by atoms with Gasteiger partial charge in [-0.25, -0.2) is 0 Å². The van der Waals surface area contributed by atoms with Crippen LogP contribution in [0, 0.1) is 0 Å². The molecular formula is C15H25ClN4O. The number of amides is 1. The molecule has 21 heavy (non-hydrogen) atoms. The Morgan fingerprint density at radius 1 is 1.33 bits per heavy atom. The van der Waals surface area contributed by atoms with Crippen molar-refractivity contribution in [2.45, 2.75) is 71.0 Å². The summed E-state index contributed by atoms with van der Waals surface area (Å²) in [6.07, 6.45) is 10.1. The zero-order valence-electron chi connectivity index (χ0n) is 12.8. The van der Waals surface area contributed by atoms with Gasteiger partial charge in [0.1, 0.15) is 11.6 Å². The van der Waals surface area contributed by atoms with Crippen molar-refractivity contribution in [3.05, 3.63) is 11.9 Å². The molecule has 5 nitrogen and oxygen atoms in total. The van der Waals surface area contributed by atoms with Crippen LogP contribution in [0.25, 0.3) is 0 Å². The number of alkyl halides is 1. The van der Waals surface area contributed by atoms with Crippen LogP contribution >= 0.6 is 11.6 Å². The van der Waals surface area contributed by atoms with Gasteiger partial charge < -0.3 is 4.90 Å². The van der Waals surface area contributed by atoms with Crippen LogP contribution in [0.5, 0.6) is 0 Å². The topological polar surface area (TPSA) is 51.0 Å². The summed E-state index contributed by atoms with van der Waals surface area (Å²) in [5, 5.41) is 8.58. The minimum absolute atomic E-state index is 0.00767. The van der Waals surface area contributed by atoms with E-state index in [4.69, 9.17) is 11.6 Å². The van der Waals surface area contributed by atoms with Gasteiger partial charge in [-0.3, -0.25) is 4.79 Å². The van der Waals surface area contributed by atoms with E-state index in [0.717, 1.165) is 25.1 Å². The van der Waals surface area contributed by atoms with Gasteiger partial charge >= 0.3 is 0 Å². The van der Waals surface area contributed by atoms with Crippen LogP contribution in [-0.2, 0) is 17.9 Å². The Kier molecular flexibility index (Phi) is 6.49. The van der Waals surface area contributed by atoms with Crippen molar-refractivity contribution >= 4 is 17.5 Å². The molecule has 2 rings (SSSR count). The Labute approximate surface area is 131 Å². The van der Waals surface area contributed by atoms with Crippen LogP contribution in [0.2, 0.25) is 0 Å². The minimum atomic E-state index is 0.00767. The molecule has 1 fully saturated rings. The average molecular weight is 313 g/mol. The Balaban J connectivity index is 2.06. The van der Waals surface area contributed by atoms with E-state index in [0.29, 0.717) is 12.6 Å². The monoisotopic (exact) mass is 312 g/mol. The van der Waals surface area contributed by atoms with Crippen LogP contribution in [0.15, 0.2) is 6.20 Å². The molecule has 0 N–H and O–H groups in total. The first-order valence-electron chi connectivity index (χ1n) is 7.99. The van der Waals surface area contributed by atoms with Gasteiger partial charge in [0.2, 0.25) is 5.91 Å². The van der Waals surface area contributed by atoms with Crippen LogP contribution in [0.3, 0.4) is 0 Å². The van der Waals surface area contributed by atoms with Crippen molar-refractivity contribution in [3.8, 4) is 0 Å². The Morgan fingerprint density at radius 2 is 2.00 bits per heavy atom.